The zero-order chi connectivity index (χ0) is 19.3. The third kappa shape index (κ3) is 4.03. The normalized spacial score (nSPS) is 11.2. The Morgan fingerprint density at radius 2 is 1.93 bits per heavy atom. The molecule has 0 amide bonds. The van der Waals surface area contributed by atoms with Gasteiger partial charge in [0.2, 0.25) is 5.78 Å². The van der Waals surface area contributed by atoms with Crippen molar-refractivity contribution in [1.29, 1.82) is 0 Å². The highest BCUT2D eigenvalue weighted by Gasteiger charge is 2.16. The third-order valence-corrected chi connectivity index (χ3v) is 4.94. The molecule has 1 aromatic carbocycles. The number of aryl methyl sites for hydroxylation is 2. The number of unbranched alkanes of at least 4 members (excludes halogenated alkanes) is 2. The van der Waals surface area contributed by atoms with E-state index >= 15 is 0 Å². The van der Waals surface area contributed by atoms with Gasteiger partial charge in [-0.1, -0.05) is 36.8 Å². The molecule has 0 saturated heterocycles. The Balaban J connectivity index is 1.34. The number of hydrogen-bond donors (Lipinski definition) is 0. The standard InChI is InChI=1S/C23H23N3O2/c1-26-14-8-12-19(26)18-15-21-22(24-16-18)25-23(28-21)20(27)13-7-3-6-11-17-9-4-2-5-10-17/h2,4-5,8-10,12,14-16H,3,6-7,11,13H2,1H3. The van der Waals surface area contributed by atoms with Gasteiger partial charge in [0.05, 0.1) is 0 Å². The molecule has 3 aromatic heterocycles. The van der Waals surface area contributed by atoms with Gasteiger partial charge < -0.3 is 8.98 Å². The first-order valence-electron chi connectivity index (χ1n) is 9.66. The lowest BCUT2D eigenvalue weighted by atomic mass is 10.1. The molecule has 0 unspecified atom stereocenters. The van der Waals surface area contributed by atoms with Crippen molar-refractivity contribution < 1.29 is 9.21 Å². The number of fused-ring (bicyclic) bond motifs is 1. The molecule has 0 aliphatic carbocycles. The molecule has 0 radical (unpaired) electrons. The Morgan fingerprint density at radius 3 is 2.71 bits per heavy atom. The van der Waals surface area contributed by atoms with Gasteiger partial charge in [-0.2, -0.15) is 4.98 Å². The number of nitrogens with zero attached hydrogens (tertiary/aromatic N) is 3. The van der Waals surface area contributed by atoms with Crippen molar-refractivity contribution in [2.24, 2.45) is 7.05 Å². The van der Waals surface area contributed by atoms with E-state index in [0.29, 0.717) is 17.7 Å². The van der Waals surface area contributed by atoms with Crippen LogP contribution < -0.4 is 0 Å². The second-order valence-electron chi connectivity index (χ2n) is 7.04. The van der Waals surface area contributed by atoms with Gasteiger partial charge in [0.15, 0.2) is 11.2 Å². The summed E-state index contributed by atoms with van der Waals surface area (Å²) in [5, 5.41) is 0. The molecule has 28 heavy (non-hydrogen) atoms. The van der Waals surface area contributed by atoms with Crippen LogP contribution in [-0.4, -0.2) is 20.3 Å². The minimum absolute atomic E-state index is 0.0573. The van der Waals surface area contributed by atoms with Crippen LogP contribution in [0.1, 0.15) is 41.9 Å². The van der Waals surface area contributed by atoms with Gasteiger partial charge >= 0.3 is 0 Å². The average Bonchev–Trinajstić information content (AvgIpc) is 3.33. The monoisotopic (exact) mass is 373 g/mol. The summed E-state index contributed by atoms with van der Waals surface area (Å²) in [5.74, 6) is 0.104. The van der Waals surface area contributed by atoms with Gasteiger partial charge in [-0.25, -0.2) is 4.98 Å². The zero-order valence-corrected chi connectivity index (χ0v) is 16.0. The maximum Gasteiger partial charge on any atom is 0.265 e. The zero-order valence-electron chi connectivity index (χ0n) is 16.0. The molecule has 0 atom stereocenters. The topological polar surface area (TPSA) is 60.9 Å². The maximum atomic E-state index is 12.4. The van der Waals surface area contributed by atoms with Crippen LogP contribution in [0.5, 0.6) is 0 Å². The highest BCUT2D eigenvalue weighted by molar-refractivity contribution is 5.93. The van der Waals surface area contributed by atoms with E-state index in [2.05, 4.69) is 34.2 Å². The Morgan fingerprint density at radius 1 is 1.07 bits per heavy atom. The van der Waals surface area contributed by atoms with Gasteiger partial charge in [0, 0.05) is 37.1 Å². The average molecular weight is 373 g/mol. The fraction of sp³-hybridized carbons (Fsp3) is 0.261. The van der Waals surface area contributed by atoms with Gasteiger partial charge in [0.25, 0.3) is 5.89 Å². The highest BCUT2D eigenvalue weighted by Crippen LogP contribution is 2.24. The van der Waals surface area contributed by atoms with E-state index in [1.54, 1.807) is 6.20 Å². The summed E-state index contributed by atoms with van der Waals surface area (Å²) in [6.07, 6.45) is 8.16. The van der Waals surface area contributed by atoms with Crippen LogP contribution >= 0.6 is 0 Å². The molecule has 142 valence electrons. The van der Waals surface area contributed by atoms with Crippen molar-refractivity contribution in [3.05, 3.63) is 72.4 Å². The van der Waals surface area contributed by atoms with Crippen molar-refractivity contribution in [1.82, 2.24) is 14.5 Å². The van der Waals surface area contributed by atoms with Crippen LogP contribution in [0.4, 0.5) is 0 Å². The SMILES string of the molecule is Cn1cccc1-c1cnc2nc(C(=O)CCCCCc3ccccc3)oc2c1. The lowest BCUT2D eigenvalue weighted by molar-refractivity contribution is 0.0947. The van der Waals surface area contributed by atoms with Crippen LogP contribution in [0, 0.1) is 0 Å². The quantitative estimate of drug-likeness (QED) is 0.314. The number of hydrogen-bond acceptors (Lipinski definition) is 4. The molecule has 4 aromatic rings. The predicted molar refractivity (Wildman–Crippen MR) is 109 cm³/mol. The molecule has 0 N–H and O–H groups in total. The van der Waals surface area contributed by atoms with Gasteiger partial charge in [-0.15, -0.1) is 0 Å². The number of ketones is 1. The molecular weight excluding hydrogens is 350 g/mol. The van der Waals surface area contributed by atoms with Crippen LogP contribution in [0.25, 0.3) is 22.5 Å². The van der Waals surface area contributed by atoms with Crippen molar-refractivity contribution in [2.75, 3.05) is 0 Å². The van der Waals surface area contributed by atoms with E-state index in [9.17, 15) is 4.79 Å². The van der Waals surface area contributed by atoms with Gasteiger partial charge in [-0.3, -0.25) is 4.79 Å². The molecule has 0 spiro atoms. The first-order chi connectivity index (χ1) is 13.7. The van der Waals surface area contributed by atoms with E-state index in [1.807, 2.05) is 42.1 Å². The molecule has 3 heterocycles. The molecule has 0 bridgehead atoms. The molecule has 4 rings (SSSR count). The van der Waals surface area contributed by atoms with Crippen molar-refractivity contribution in [3.63, 3.8) is 0 Å². The molecule has 0 saturated carbocycles. The molecule has 0 aliphatic heterocycles. The van der Waals surface area contributed by atoms with Crippen LogP contribution in [0.15, 0.2) is 65.3 Å². The molecule has 5 nitrogen and oxygen atoms in total. The summed E-state index contributed by atoms with van der Waals surface area (Å²) in [6.45, 7) is 0. The molecular formula is C23H23N3O2. The van der Waals surface area contributed by atoms with Crippen LogP contribution in [-0.2, 0) is 13.5 Å². The van der Waals surface area contributed by atoms with E-state index in [-0.39, 0.29) is 11.7 Å². The Kier molecular flexibility index (Phi) is 5.33. The number of carbonyl (C=O) groups is 1. The number of benzene rings is 1. The summed E-state index contributed by atoms with van der Waals surface area (Å²) in [7, 11) is 1.98. The number of Topliss-reactive ketones (excluding diaryl/α,β-unsaturated/α-hetero) is 1. The first-order valence-corrected chi connectivity index (χ1v) is 9.66. The lowest BCUT2D eigenvalue weighted by Gasteiger charge is -2.01. The summed E-state index contributed by atoms with van der Waals surface area (Å²) in [4.78, 5) is 21.1. The predicted octanol–water partition coefficient (Wildman–Crippen LogP) is 5.21. The maximum absolute atomic E-state index is 12.4. The number of rotatable bonds is 8. The summed E-state index contributed by atoms with van der Waals surface area (Å²) >= 11 is 0. The highest BCUT2D eigenvalue weighted by atomic mass is 16.4. The minimum Gasteiger partial charge on any atom is -0.432 e. The molecule has 0 fully saturated rings. The fourth-order valence-corrected chi connectivity index (χ4v) is 3.38. The second kappa shape index (κ2) is 8.21. The van der Waals surface area contributed by atoms with Gasteiger partial charge in [0.1, 0.15) is 0 Å². The largest absolute Gasteiger partial charge is 0.432 e. The number of carbonyl (C=O) groups excluding carboxylic acids is 1. The molecule has 5 heteroatoms. The van der Waals surface area contributed by atoms with Crippen molar-refractivity contribution in [2.45, 2.75) is 32.1 Å². The summed E-state index contributed by atoms with van der Waals surface area (Å²) in [6, 6.07) is 16.3. The minimum atomic E-state index is -0.0573. The number of aromatic nitrogens is 3. The van der Waals surface area contributed by atoms with Crippen molar-refractivity contribution in [3.8, 4) is 11.3 Å². The Hall–Kier alpha value is -3.21. The van der Waals surface area contributed by atoms with Crippen LogP contribution in [0.3, 0.4) is 0 Å². The van der Waals surface area contributed by atoms with E-state index < -0.39 is 0 Å². The van der Waals surface area contributed by atoms with E-state index in [0.717, 1.165) is 36.9 Å². The fourth-order valence-electron chi connectivity index (χ4n) is 3.38. The lowest BCUT2D eigenvalue weighted by Crippen LogP contribution is -1.99. The Labute approximate surface area is 164 Å². The second-order valence-corrected chi connectivity index (χ2v) is 7.04. The third-order valence-electron chi connectivity index (χ3n) is 4.94. The summed E-state index contributed by atoms with van der Waals surface area (Å²) < 4.78 is 7.72. The van der Waals surface area contributed by atoms with Crippen molar-refractivity contribution >= 4 is 17.0 Å². The summed E-state index contributed by atoms with van der Waals surface area (Å²) in [5.41, 5.74) is 4.34. The number of oxazole rings is 1. The van der Waals surface area contributed by atoms with E-state index in [1.165, 1.54) is 5.56 Å². The van der Waals surface area contributed by atoms with Gasteiger partial charge in [-0.05, 0) is 43.0 Å². The Bertz CT molecular complexity index is 1080. The first kappa shape index (κ1) is 18.2. The molecule has 0 aliphatic rings. The van der Waals surface area contributed by atoms with Crippen LogP contribution in [0.2, 0.25) is 0 Å². The number of pyridine rings is 1. The van der Waals surface area contributed by atoms with E-state index in [4.69, 9.17) is 4.42 Å². The smallest absolute Gasteiger partial charge is 0.265 e.